The van der Waals surface area contributed by atoms with E-state index in [1.165, 1.54) is 12.8 Å². The van der Waals surface area contributed by atoms with Gasteiger partial charge in [-0.3, -0.25) is 4.79 Å². The lowest BCUT2D eigenvalue weighted by Gasteiger charge is -2.23. The van der Waals surface area contributed by atoms with Gasteiger partial charge >= 0.3 is 0 Å². The molecule has 1 heterocycles. The first-order chi connectivity index (χ1) is 7.76. The van der Waals surface area contributed by atoms with E-state index in [1.807, 2.05) is 0 Å². The highest BCUT2D eigenvalue weighted by Gasteiger charge is 2.41. The van der Waals surface area contributed by atoms with Crippen molar-refractivity contribution in [1.82, 2.24) is 5.32 Å². The van der Waals surface area contributed by atoms with E-state index in [4.69, 9.17) is 10.5 Å². The molecule has 1 aliphatic carbocycles. The molecule has 0 spiro atoms. The molecule has 4 nitrogen and oxygen atoms in total. The molecule has 1 aliphatic heterocycles. The van der Waals surface area contributed by atoms with Crippen LogP contribution in [-0.4, -0.2) is 32.2 Å². The van der Waals surface area contributed by atoms with Gasteiger partial charge in [0.05, 0.1) is 0 Å². The predicted molar refractivity (Wildman–Crippen MR) is 61.9 cm³/mol. The highest BCUT2D eigenvalue weighted by Crippen LogP contribution is 2.47. The van der Waals surface area contributed by atoms with Crippen LogP contribution in [0, 0.1) is 11.3 Å². The maximum absolute atomic E-state index is 11.9. The molecule has 3 N–H and O–H groups in total. The van der Waals surface area contributed by atoms with Crippen LogP contribution in [0.5, 0.6) is 0 Å². The monoisotopic (exact) mass is 226 g/mol. The minimum absolute atomic E-state index is 0.169. The molecule has 0 radical (unpaired) electrons. The van der Waals surface area contributed by atoms with Crippen molar-refractivity contribution in [3.05, 3.63) is 0 Å². The molecule has 0 atom stereocenters. The van der Waals surface area contributed by atoms with Gasteiger partial charge in [0.1, 0.15) is 0 Å². The summed E-state index contributed by atoms with van der Waals surface area (Å²) in [6, 6.07) is 0. The van der Waals surface area contributed by atoms with Gasteiger partial charge in [0, 0.05) is 25.7 Å². The molecule has 2 rings (SSSR count). The van der Waals surface area contributed by atoms with E-state index in [0.29, 0.717) is 5.41 Å². The topological polar surface area (TPSA) is 64.3 Å². The third-order valence-corrected chi connectivity index (χ3v) is 3.86. The highest BCUT2D eigenvalue weighted by atomic mass is 16.5. The number of carbonyl (C=O) groups excluding carboxylic acids is 1. The number of nitrogens with one attached hydrogen (secondary N) is 1. The summed E-state index contributed by atoms with van der Waals surface area (Å²) in [5, 5.41) is 3.09. The number of rotatable bonds is 5. The Morgan fingerprint density at radius 1 is 1.38 bits per heavy atom. The van der Waals surface area contributed by atoms with Crippen molar-refractivity contribution in [2.75, 3.05) is 26.3 Å². The van der Waals surface area contributed by atoms with Crippen LogP contribution in [-0.2, 0) is 9.53 Å². The van der Waals surface area contributed by atoms with E-state index in [-0.39, 0.29) is 11.8 Å². The second-order valence-corrected chi connectivity index (χ2v) is 5.14. The van der Waals surface area contributed by atoms with Crippen molar-refractivity contribution in [2.24, 2.45) is 17.1 Å². The lowest BCUT2D eigenvalue weighted by molar-refractivity contribution is -0.128. The zero-order valence-electron chi connectivity index (χ0n) is 9.84. The van der Waals surface area contributed by atoms with Crippen molar-refractivity contribution < 1.29 is 9.53 Å². The Balaban J connectivity index is 1.70. The summed E-state index contributed by atoms with van der Waals surface area (Å²) in [7, 11) is 0. The zero-order valence-corrected chi connectivity index (χ0v) is 9.84. The summed E-state index contributed by atoms with van der Waals surface area (Å²) in [6.07, 6.45) is 5.23. The van der Waals surface area contributed by atoms with Gasteiger partial charge in [-0.2, -0.15) is 0 Å². The van der Waals surface area contributed by atoms with Crippen molar-refractivity contribution in [2.45, 2.75) is 32.1 Å². The van der Waals surface area contributed by atoms with Gasteiger partial charge < -0.3 is 15.8 Å². The molecule has 4 heteroatoms. The summed E-state index contributed by atoms with van der Waals surface area (Å²) < 4.78 is 5.25. The third-order valence-electron chi connectivity index (χ3n) is 3.86. The Morgan fingerprint density at radius 3 is 2.62 bits per heavy atom. The molecule has 2 fully saturated rings. The van der Waals surface area contributed by atoms with Gasteiger partial charge in [-0.1, -0.05) is 0 Å². The summed E-state index contributed by atoms with van der Waals surface area (Å²) in [5.41, 5.74) is 5.92. The van der Waals surface area contributed by atoms with Crippen LogP contribution in [0.4, 0.5) is 0 Å². The molecule has 0 aromatic heterocycles. The second kappa shape index (κ2) is 5.15. The Labute approximate surface area is 96.9 Å². The van der Waals surface area contributed by atoms with Gasteiger partial charge in [0.25, 0.3) is 0 Å². The normalized spacial score (nSPS) is 24.1. The lowest BCUT2D eigenvalue weighted by Crippen LogP contribution is -2.37. The van der Waals surface area contributed by atoms with Crippen LogP contribution < -0.4 is 11.1 Å². The van der Waals surface area contributed by atoms with Gasteiger partial charge in [-0.25, -0.2) is 0 Å². The van der Waals surface area contributed by atoms with Gasteiger partial charge in [0.2, 0.25) is 5.91 Å². The summed E-state index contributed by atoms with van der Waals surface area (Å²) >= 11 is 0. The SMILES string of the molecule is NCCC1(CNC(=O)C2CCOCC2)CC1. The Kier molecular flexibility index (Phi) is 3.82. The molecule has 1 amide bonds. The summed E-state index contributed by atoms with van der Waals surface area (Å²) in [5.74, 6) is 0.383. The fourth-order valence-corrected chi connectivity index (χ4v) is 2.38. The third kappa shape index (κ3) is 2.95. The number of amides is 1. The Morgan fingerprint density at radius 2 is 2.06 bits per heavy atom. The molecule has 0 bridgehead atoms. The van der Waals surface area contributed by atoms with Crippen molar-refractivity contribution >= 4 is 5.91 Å². The Hall–Kier alpha value is -0.610. The summed E-state index contributed by atoms with van der Waals surface area (Å²) in [4.78, 5) is 11.9. The van der Waals surface area contributed by atoms with Gasteiger partial charge in [0.15, 0.2) is 0 Å². The number of hydrogen-bond acceptors (Lipinski definition) is 3. The lowest BCUT2D eigenvalue weighted by atomic mass is 9.98. The quantitative estimate of drug-likeness (QED) is 0.723. The minimum atomic E-state index is 0.169. The zero-order chi connectivity index (χ0) is 11.4. The molecule has 1 saturated heterocycles. The average molecular weight is 226 g/mol. The molecule has 1 saturated carbocycles. The first-order valence-electron chi connectivity index (χ1n) is 6.31. The van der Waals surface area contributed by atoms with Crippen molar-refractivity contribution in [3.63, 3.8) is 0 Å². The van der Waals surface area contributed by atoms with E-state index in [9.17, 15) is 4.79 Å². The fraction of sp³-hybridized carbons (Fsp3) is 0.917. The van der Waals surface area contributed by atoms with Crippen LogP contribution in [0.2, 0.25) is 0 Å². The van der Waals surface area contributed by atoms with Crippen LogP contribution in [0.15, 0.2) is 0 Å². The highest BCUT2D eigenvalue weighted by molar-refractivity contribution is 5.78. The molecule has 92 valence electrons. The standard InChI is InChI=1S/C12H22N2O2/c13-6-5-12(3-4-12)9-14-11(15)10-1-7-16-8-2-10/h10H,1-9,13H2,(H,14,15). The molecule has 16 heavy (non-hydrogen) atoms. The average Bonchev–Trinajstić information content (AvgIpc) is 3.08. The first kappa shape index (κ1) is 11.9. The van der Waals surface area contributed by atoms with Crippen LogP contribution in [0.3, 0.4) is 0 Å². The smallest absolute Gasteiger partial charge is 0.223 e. The van der Waals surface area contributed by atoms with Crippen LogP contribution in [0.1, 0.15) is 32.1 Å². The maximum atomic E-state index is 11.9. The van der Waals surface area contributed by atoms with Gasteiger partial charge in [-0.05, 0) is 44.1 Å². The Bertz CT molecular complexity index is 245. The fourth-order valence-electron chi connectivity index (χ4n) is 2.38. The summed E-state index contributed by atoms with van der Waals surface area (Å²) in [6.45, 7) is 3.01. The first-order valence-corrected chi connectivity index (χ1v) is 6.31. The number of nitrogens with two attached hydrogens (primary N) is 1. The number of ether oxygens (including phenoxy) is 1. The van der Waals surface area contributed by atoms with E-state index in [2.05, 4.69) is 5.32 Å². The van der Waals surface area contributed by atoms with Crippen LogP contribution in [0.25, 0.3) is 0 Å². The van der Waals surface area contributed by atoms with Crippen molar-refractivity contribution in [1.29, 1.82) is 0 Å². The molecule has 0 aromatic carbocycles. The molecule has 0 unspecified atom stereocenters. The largest absolute Gasteiger partial charge is 0.381 e. The molecular weight excluding hydrogens is 204 g/mol. The van der Waals surface area contributed by atoms with Crippen LogP contribution >= 0.6 is 0 Å². The molecular formula is C12H22N2O2. The van der Waals surface area contributed by atoms with E-state index in [0.717, 1.165) is 45.6 Å². The van der Waals surface area contributed by atoms with E-state index in [1.54, 1.807) is 0 Å². The van der Waals surface area contributed by atoms with Gasteiger partial charge in [-0.15, -0.1) is 0 Å². The minimum Gasteiger partial charge on any atom is -0.381 e. The predicted octanol–water partition coefficient (Wildman–Crippen LogP) is 0.658. The van der Waals surface area contributed by atoms with Crippen molar-refractivity contribution in [3.8, 4) is 0 Å². The molecule has 0 aromatic rings. The molecule has 2 aliphatic rings. The van der Waals surface area contributed by atoms with E-state index < -0.39 is 0 Å². The van der Waals surface area contributed by atoms with E-state index >= 15 is 0 Å². The number of carbonyl (C=O) groups is 1. The maximum Gasteiger partial charge on any atom is 0.223 e. The number of hydrogen-bond donors (Lipinski definition) is 2. The second-order valence-electron chi connectivity index (χ2n) is 5.14.